The summed E-state index contributed by atoms with van der Waals surface area (Å²) >= 11 is 3.13. The summed E-state index contributed by atoms with van der Waals surface area (Å²) in [7, 11) is 1.42. The molecule has 0 aliphatic heterocycles. The number of rotatable bonds is 9. The molecule has 0 aliphatic rings. The van der Waals surface area contributed by atoms with E-state index >= 15 is 0 Å². The summed E-state index contributed by atoms with van der Waals surface area (Å²) < 4.78 is 0. The van der Waals surface area contributed by atoms with Crippen molar-refractivity contribution in [2.45, 2.75) is 24.9 Å². The maximum atomic E-state index is 13.5. The number of carbonyl (C=O) groups excluding carboxylic acids is 1. The highest BCUT2D eigenvalue weighted by Gasteiger charge is 2.30. The molecule has 2 aromatic heterocycles. The molecule has 0 aliphatic carbocycles. The zero-order valence-electron chi connectivity index (χ0n) is 19.1. The standard InChI is InChI=1S/C26H26N4O3S2/c1-30(26(32)33)22(15-17-6-3-2-4-7-17)24(31)28-20(14-18-9-11-19(27)12-10-18)21-16-35-25(29-21)23-8-5-13-34-23/h2-13,16,20,22H,14-15,27H2,1H3,(H,28,31)(H,32,33)/t20-,22-/m0/s1. The van der Waals surface area contributed by atoms with Crippen LogP contribution in [0.5, 0.6) is 0 Å². The topological polar surface area (TPSA) is 109 Å². The Labute approximate surface area is 211 Å². The van der Waals surface area contributed by atoms with E-state index in [0.717, 1.165) is 31.6 Å². The number of nitrogens with zero attached hydrogens (tertiary/aromatic N) is 2. The lowest BCUT2D eigenvalue weighted by Gasteiger charge is -2.27. The van der Waals surface area contributed by atoms with Crippen molar-refractivity contribution in [1.29, 1.82) is 0 Å². The van der Waals surface area contributed by atoms with Gasteiger partial charge in [-0.15, -0.1) is 22.7 Å². The van der Waals surface area contributed by atoms with E-state index in [4.69, 9.17) is 10.7 Å². The van der Waals surface area contributed by atoms with Crippen molar-refractivity contribution in [3.05, 3.63) is 94.3 Å². The highest BCUT2D eigenvalue weighted by molar-refractivity contribution is 7.20. The summed E-state index contributed by atoms with van der Waals surface area (Å²) in [6, 6.07) is 19.6. The van der Waals surface area contributed by atoms with E-state index in [-0.39, 0.29) is 12.3 Å². The first-order valence-electron chi connectivity index (χ1n) is 11.0. The molecule has 0 saturated carbocycles. The molecule has 0 radical (unpaired) electrons. The number of nitrogens with two attached hydrogens (primary N) is 1. The molecule has 7 nitrogen and oxygen atoms in total. The zero-order valence-corrected chi connectivity index (χ0v) is 20.8. The predicted molar refractivity (Wildman–Crippen MR) is 141 cm³/mol. The molecule has 0 bridgehead atoms. The van der Waals surface area contributed by atoms with Gasteiger partial charge in [-0.1, -0.05) is 48.5 Å². The number of hydrogen-bond acceptors (Lipinski definition) is 6. The summed E-state index contributed by atoms with van der Waals surface area (Å²) in [5.74, 6) is -0.370. The second-order valence-electron chi connectivity index (χ2n) is 8.16. The van der Waals surface area contributed by atoms with Crippen molar-refractivity contribution < 1.29 is 14.7 Å². The molecule has 4 rings (SSSR count). The number of benzene rings is 2. The van der Waals surface area contributed by atoms with Gasteiger partial charge in [0, 0.05) is 24.5 Å². The summed E-state index contributed by atoms with van der Waals surface area (Å²) in [6.07, 6.45) is -0.402. The van der Waals surface area contributed by atoms with Gasteiger partial charge >= 0.3 is 6.09 Å². The Hall–Kier alpha value is -3.69. The normalized spacial score (nSPS) is 12.6. The average molecular weight is 507 g/mol. The fraction of sp³-hybridized carbons (Fsp3) is 0.192. The third-order valence-corrected chi connectivity index (χ3v) is 7.59. The number of thiazole rings is 1. The summed E-state index contributed by atoms with van der Waals surface area (Å²) in [4.78, 5) is 32.2. The Bertz CT molecular complexity index is 1260. The van der Waals surface area contributed by atoms with Crippen LogP contribution in [0.2, 0.25) is 0 Å². The van der Waals surface area contributed by atoms with Crippen LogP contribution in [0.4, 0.5) is 10.5 Å². The minimum absolute atomic E-state index is 0.265. The molecule has 2 aromatic carbocycles. The van der Waals surface area contributed by atoms with Crippen LogP contribution < -0.4 is 11.1 Å². The van der Waals surface area contributed by atoms with Gasteiger partial charge in [-0.2, -0.15) is 0 Å². The lowest BCUT2D eigenvalue weighted by Crippen LogP contribution is -2.49. The molecule has 35 heavy (non-hydrogen) atoms. The molecule has 180 valence electrons. The second-order valence-corrected chi connectivity index (χ2v) is 9.97. The van der Waals surface area contributed by atoms with E-state index in [1.807, 2.05) is 77.5 Å². The largest absolute Gasteiger partial charge is 0.465 e. The van der Waals surface area contributed by atoms with Gasteiger partial charge in [0.2, 0.25) is 5.91 Å². The van der Waals surface area contributed by atoms with Crippen molar-refractivity contribution >= 4 is 40.4 Å². The minimum atomic E-state index is -1.16. The summed E-state index contributed by atoms with van der Waals surface area (Å²) in [5, 5.41) is 17.5. The maximum absolute atomic E-state index is 13.5. The number of carbonyl (C=O) groups is 2. The van der Waals surface area contributed by atoms with Gasteiger partial charge in [0.05, 0.1) is 16.6 Å². The van der Waals surface area contributed by atoms with Gasteiger partial charge in [-0.05, 0) is 41.1 Å². The van der Waals surface area contributed by atoms with E-state index in [1.54, 1.807) is 11.3 Å². The van der Waals surface area contributed by atoms with Crippen molar-refractivity contribution in [3.8, 4) is 9.88 Å². The SMILES string of the molecule is CN(C(=O)O)[C@@H](Cc1ccccc1)C(=O)N[C@@H](Cc1ccc(N)cc1)c1csc(-c2cccs2)n1. The average Bonchev–Trinajstić information content (AvgIpc) is 3.56. The minimum Gasteiger partial charge on any atom is -0.465 e. The van der Waals surface area contributed by atoms with Crippen LogP contribution in [0.25, 0.3) is 9.88 Å². The highest BCUT2D eigenvalue weighted by Crippen LogP contribution is 2.31. The van der Waals surface area contributed by atoms with E-state index in [1.165, 1.54) is 18.4 Å². The van der Waals surface area contributed by atoms with Gasteiger partial charge in [-0.25, -0.2) is 9.78 Å². The molecule has 0 spiro atoms. The Morgan fingerprint density at radius 1 is 1.00 bits per heavy atom. The number of carboxylic acid groups (broad SMARTS) is 1. The highest BCUT2D eigenvalue weighted by atomic mass is 32.1. The van der Waals surface area contributed by atoms with Gasteiger partial charge in [0.15, 0.2) is 0 Å². The number of nitrogens with one attached hydrogen (secondary N) is 1. The van der Waals surface area contributed by atoms with Gasteiger partial charge in [0.1, 0.15) is 11.0 Å². The van der Waals surface area contributed by atoms with Crippen LogP contribution >= 0.6 is 22.7 Å². The third kappa shape index (κ3) is 6.26. The van der Waals surface area contributed by atoms with Gasteiger partial charge in [-0.3, -0.25) is 9.69 Å². The van der Waals surface area contributed by atoms with Gasteiger partial charge < -0.3 is 16.2 Å². The first kappa shape index (κ1) is 24.4. The lowest BCUT2D eigenvalue weighted by atomic mass is 10.0. The number of aromatic nitrogens is 1. The summed E-state index contributed by atoms with van der Waals surface area (Å²) in [5.41, 5.74) is 9.10. The molecule has 9 heteroatoms. The van der Waals surface area contributed by atoms with E-state index in [0.29, 0.717) is 12.1 Å². The quantitative estimate of drug-likeness (QED) is 0.275. The molecule has 0 saturated heterocycles. The molecule has 4 aromatic rings. The van der Waals surface area contributed by atoms with Crippen LogP contribution in [0.3, 0.4) is 0 Å². The Balaban J connectivity index is 1.61. The van der Waals surface area contributed by atoms with Gasteiger partial charge in [0.25, 0.3) is 0 Å². The van der Waals surface area contributed by atoms with Crippen molar-refractivity contribution in [3.63, 3.8) is 0 Å². The Morgan fingerprint density at radius 2 is 1.71 bits per heavy atom. The second kappa shape index (κ2) is 11.2. The predicted octanol–water partition coefficient (Wildman–Crippen LogP) is 5.07. The van der Waals surface area contributed by atoms with E-state index in [2.05, 4.69) is 5.32 Å². The van der Waals surface area contributed by atoms with E-state index < -0.39 is 18.2 Å². The van der Waals surface area contributed by atoms with Crippen molar-refractivity contribution in [1.82, 2.24) is 15.2 Å². The zero-order chi connectivity index (χ0) is 24.8. The number of thiophene rings is 1. The van der Waals surface area contributed by atoms with Crippen LogP contribution in [-0.2, 0) is 17.6 Å². The summed E-state index contributed by atoms with van der Waals surface area (Å²) in [6.45, 7) is 0. The van der Waals surface area contributed by atoms with E-state index in [9.17, 15) is 14.7 Å². The van der Waals surface area contributed by atoms with Crippen molar-refractivity contribution in [2.24, 2.45) is 0 Å². The third-order valence-electron chi connectivity index (χ3n) is 5.69. The number of amides is 2. The first-order valence-corrected chi connectivity index (χ1v) is 12.8. The lowest BCUT2D eigenvalue weighted by molar-refractivity contribution is -0.126. The number of anilines is 1. The molecule has 2 heterocycles. The fourth-order valence-electron chi connectivity index (χ4n) is 3.72. The Kier molecular flexibility index (Phi) is 7.79. The monoisotopic (exact) mass is 506 g/mol. The molecule has 2 amide bonds. The molecule has 0 unspecified atom stereocenters. The first-order chi connectivity index (χ1) is 16.9. The maximum Gasteiger partial charge on any atom is 0.407 e. The fourth-order valence-corrected chi connectivity index (χ4v) is 5.41. The van der Waals surface area contributed by atoms with Crippen LogP contribution in [0, 0.1) is 0 Å². The number of likely N-dealkylation sites (N-methyl/N-ethyl adjacent to an activating group) is 1. The number of nitrogen functional groups attached to an aromatic ring is 1. The molecule has 0 fully saturated rings. The molecule has 4 N–H and O–H groups in total. The van der Waals surface area contributed by atoms with Crippen LogP contribution in [0.1, 0.15) is 22.9 Å². The molecular formula is C26H26N4O3S2. The van der Waals surface area contributed by atoms with Crippen molar-refractivity contribution in [2.75, 3.05) is 12.8 Å². The smallest absolute Gasteiger partial charge is 0.407 e. The molecule has 2 atom stereocenters. The van der Waals surface area contributed by atoms with Crippen LogP contribution in [-0.4, -0.2) is 40.1 Å². The van der Waals surface area contributed by atoms with Crippen LogP contribution in [0.15, 0.2) is 77.5 Å². The Morgan fingerprint density at radius 3 is 2.37 bits per heavy atom. The number of hydrogen-bond donors (Lipinski definition) is 3. The molecular weight excluding hydrogens is 480 g/mol.